The molecule has 2 heterocycles. The largest absolute Gasteiger partial charge is 0.481 e. The van der Waals surface area contributed by atoms with Crippen molar-refractivity contribution in [1.29, 1.82) is 0 Å². The molecule has 168 valence electrons. The molecular formula is C23H20N4O6. The van der Waals surface area contributed by atoms with Crippen LogP contribution in [0.15, 0.2) is 53.2 Å². The van der Waals surface area contributed by atoms with Gasteiger partial charge >= 0.3 is 12.1 Å². The Bertz CT molecular complexity index is 1190. The van der Waals surface area contributed by atoms with Gasteiger partial charge in [-0.05, 0) is 39.0 Å². The van der Waals surface area contributed by atoms with E-state index in [-0.39, 0.29) is 37.1 Å². The summed E-state index contributed by atoms with van der Waals surface area (Å²) in [5.41, 5.74) is 4.18. The molecule has 10 heteroatoms. The summed E-state index contributed by atoms with van der Waals surface area (Å²) in [4.78, 5) is 37.7. The van der Waals surface area contributed by atoms with Crippen molar-refractivity contribution in [3.8, 4) is 11.1 Å². The summed E-state index contributed by atoms with van der Waals surface area (Å²) in [6.45, 7) is 0.430. The number of carbonyl (C=O) groups excluding carboxylic acids is 2. The van der Waals surface area contributed by atoms with Crippen molar-refractivity contribution in [3.05, 3.63) is 65.4 Å². The number of carboxylic acids is 1. The highest BCUT2D eigenvalue weighted by atomic mass is 16.6. The van der Waals surface area contributed by atoms with Gasteiger partial charge in [-0.3, -0.25) is 14.9 Å². The van der Waals surface area contributed by atoms with Gasteiger partial charge in [0.25, 0.3) is 5.91 Å². The van der Waals surface area contributed by atoms with Gasteiger partial charge in [0.2, 0.25) is 11.5 Å². The van der Waals surface area contributed by atoms with Crippen LogP contribution < -0.4 is 5.32 Å². The van der Waals surface area contributed by atoms with Crippen LogP contribution in [0.5, 0.6) is 0 Å². The van der Waals surface area contributed by atoms with E-state index in [0.717, 1.165) is 22.3 Å². The lowest BCUT2D eigenvalue weighted by atomic mass is 9.98. The van der Waals surface area contributed by atoms with E-state index in [4.69, 9.17) is 9.84 Å². The van der Waals surface area contributed by atoms with Crippen molar-refractivity contribution in [1.82, 2.24) is 15.2 Å². The van der Waals surface area contributed by atoms with Crippen LogP contribution in [-0.4, -0.2) is 58.0 Å². The van der Waals surface area contributed by atoms with E-state index in [1.165, 1.54) is 4.90 Å². The number of aliphatic carboxylic acids is 1. The zero-order chi connectivity index (χ0) is 22.9. The smallest absolute Gasteiger partial charge is 0.412 e. The SMILES string of the molecule is O=C(Nc1nonc1C(=O)N1CCC(C(=O)O)C1)OCC1c2ccccc2-c2ccccc21. The molecule has 10 nitrogen and oxygen atoms in total. The van der Waals surface area contributed by atoms with Crippen LogP contribution in [0.1, 0.15) is 34.0 Å². The number of hydrogen-bond donors (Lipinski definition) is 2. The molecule has 0 radical (unpaired) electrons. The summed E-state index contributed by atoms with van der Waals surface area (Å²) >= 11 is 0. The Hall–Kier alpha value is -4.21. The van der Waals surface area contributed by atoms with Gasteiger partial charge in [-0.1, -0.05) is 48.5 Å². The summed E-state index contributed by atoms with van der Waals surface area (Å²) in [6.07, 6.45) is -0.451. The van der Waals surface area contributed by atoms with Gasteiger partial charge in [-0.2, -0.15) is 0 Å². The monoisotopic (exact) mass is 448 g/mol. The second-order valence-corrected chi connectivity index (χ2v) is 7.99. The van der Waals surface area contributed by atoms with Gasteiger partial charge in [0, 0.05) is 19.0 Å². The lowest BCUT2D eigenvalue weighted by Crippen LogP contribution is -2.31. The Labute approximate surface area is 188 Å². The number of likely N-dealkylation sites (tertiary alicyclic amines) is 1. The molecule has 2 aliphatic rings. The number of aromatic nitrogens is 2. The number of carbonyl (C=O) groups is 3. The van der Waals surface area contributed by atoms with Crippen molar-refractivity contribution in [2.75, 3.05) is 25.0 Å². The number of carboxylic acid groups (broad SMARTS) is 1. The van der Waals surface area contributed by atoms with Gasteiger partial charge in [-0.15, -0.1) is 0 Å². The molecule has 3 aromatic rings. The molecule has 1 unspecified atom stereocenters. The number of anilines is 1. The van der Waals surface area contributed by atoms with Crippen LogP contribution >= 0.6 is 0 Å². The maximum atomic E-state index is 12.7. The average molecular weight is 448 g/mol. The first-order valence-electron chi connectivity index (χ1n) is 10.5. The number of nitrogens with one attached hydrogen (secondary N) is 1. The maximum absolute atomic E-state index is 12.7. The minimum Gasteiger partial charge on any atom is -0.481 e. The number of rotatable bonds is 5. The Morgan fingerprint density at radius 3 is 2.36 bits per heavy atom. The highest BCUT2D eigenvalue weighted by molar-refractivity contribution is 6.00. The predicted octanol–water partition coefficient (Wildman–Crippen LogP) is 2.98. The first-order valence-corrected chi connectivity index (χ1v) is 10.5. The number of hydrogen-bond acceptors (Lipinski definition) is 7. The summed E-state index contributed by atoms with van der Waals surface area (Å²) in [5.74, 6) is -2.44. The summed E-state index contributed by atoms with van der Waals surface area (Å²) in [7, 11) is 0. The molecule has 1 fully saturated rings. The zero-order valence-electron chi connectivity index (χ0n) is 17.4. The molecule has 1 aromatic heterocycles. The second-order valence-electron chi connectivity index (χ2n) is 7.99. The summed E-state index contributed by atoms with van der Waals surface area (Å²) < 4.78 is 10.1. The standard InChI is InChI=1S/C23H20N4O6/c28-21(27-10-9-13(11-27)22(29)30)19-20(26-33-25-19)24-23(31)32-12-18-16-7-3-1-5-14(16)15-6-2-4-8-17(15)18/h1-8,13,18H,9-12H2,(H,29,30)(H,24,26,31). The maximum Gasteiger partial charge on any atom is 0.412 e. The van der Waals surface area contributed by atoms with E-state index >= 15 is 0 Å². The van der Waals surface area contributed by atoms with E-state index in [9.17, 15) is 14.4 Å². The molecule has 0 saturated carbocycles. The summed E-state index contributed by atoms with van der Waals surface area (Å²) in [6, 6.07) is 16.0. The van der Waals surface area contributed by atoms with Crippen LogP contribution in [0, 0.1) is 5.92 Å². The first kappa shape index (κ1) is 20.7. The van der Waals surface area contributed by atoms with E-state index in [1.807, 2.05) is 48.5 Å². The van der Waals surface area contributed by atoms with Crippen molar-refractivity contribution >= 4 is 23.8 Å². The number of ether oxygens (including phenoxy) is 1. The van der Waals surface area contributed by atoms with Gasteiger partial charge < -0.3 is 14.7 Å². The fraction of sp³-hybridized carbons (Fsp3) is 0.261. The van der Waals surface area contributed by atoms with Crippen LogP contribution in [0.2, 0.25) is 0 Å². The first-order chi connectivity index (χ1) is 16.0. The average Bonchev–Trinajstić information content (AvgIpc) is 3.55. The molecule has 0 bridgehead atoms. The quantitative estimate of drug-likeness (QED) is 0.608. The molecule has 5 rings (SSSR count). The minimum atomic E-state index is -0.958. The Morgan fingerprint density at radius 1 is 1.06 bits per heavy atom. The van der Waals surface area contributed by atoms with Crippen LogP contribution in [-0.2, 0) is 9.53 Å². The van der Waals surface area contributed by atoms with Crippen molar-refractivity contribution in [3.63, 3.8) is 0 Å². The molecule has 2 amide bonds. The van der Waals surface area contributed by atoms with E-state index in [2.05, 4.69) is 20.3 Å². The second kappa shape index (κ2) is 8.38. The Balaban J connectivity index is 1.25. The van der Waals surface area contributed by atoms with E-state index in [0.29, 0.717) is 6.42 Å². The lowest BCUT2D eigenvalue weighted by molar-refractivity contribution is -0.141. The molecule has 1 saturated heterocycles. The van der Waals surface area contributed by atoms with E-state index in [1.54, 1.807) is 0 Å². The van der Waals surface area contributed by atoms with Crippen molar-refractivity contribution < 1.29 is 28.9 Å². The van der Waals surface area contributed by atoms with Gasteiger partial charge in [-0.25, -0.2) is 9.42 Å². The van der Waals surface area contributed by atoms with Crippen LogP contribution in [0.4, 0.5) is 10.6 Å². The van der Waals surface area contributed by atoms with Crippen LogP contribution in [0.3, 0.4) is 0 Å². The Kier molecular flexibility index (Phi) is 5.25. The van der Waals surface area contributed by atoms with E-state index < -0.39 is 23.9 Å². The predicted molar refractivity (Wildman–Crippen MR) is 115 cm³/mol. The fourth-order valence-corrected chi connectivity index (χ4v) is 4.44. The molecule has 1 atom stereocenters. The Morgan fingerprint density at radius 2 is 1.73 bits per heavy atom. The molecule has 33 heavy (non-hydrogen) atoms. The molecule has 1 aliphatic heterocycles. The third-order valence-corrected chi connectivity index (χ3v) is 6.08. The van der Waals surface area contributed by atoms with Gasteiger partial charge in [0.15, 0.2) is 0 Å². The van der Waals surface area contributed by atoms with Gasteiger partial charge in [0.1, 0.15) is 6.61 Å². The normalized spacial score (nSPS) is 16.8. The molecule has 0 spiro atoms. The van der Waals surface area contributed by atoms with Crippen LogP contribution in [0.25, 0.3) is 11.1 Å². The topological polar surface area (TPSA) is 135 Å². The fourth-order valence-electron chi connectivity index (χ4n) is 4.44. The lowest BCUT2D eigenvalue weighted by Gasteiger charge is -2.15. The highest BCUT2D eigenvalue weighted by Crippen LogP contribution is 2.44. The van der Waals surface area contributed by atoms with Crippen molar-refractivity contribution in [2.24, 2.45) is 5.92 Å². The van der Waals surface area contributed by atoms with Crippen molar-refractivity contribution in [2.45, 2.75) is 12.3 Å². The number of benzene rings is 2. The molecule has 1 aliphatic carbocycles. The molecule has 2 N–H and O–H groups in total. The third kappa shape index (κ3) is 3.79. The molecule has 2 aromatic carbocycles. The summed E-state index contributed by atoms with van der Waals surface area (Å²) in [5, 5.41) is 18.7. The number of fused-ring (bicyclic) bond motifs is 3. The number of nitrogens with zero attached hydrogens (tertiary/aromatic N) is 3. The minimum absolute atomic E-state index is 0.0609. The third-order valence-electron chi connectivity index (χ3n) is 6.08. The van der Waals surface area contributed by atoms with Gasteiger partial charge in [0.05, 0.1) is 5.92 Å². The molecular weight excluding hydrogens is 428 g/mol. The highest BCUT2D eigenvalue weighted by Gasteiger charge is 2.34. The number of amides is 2. The zero-order valence-corrected chi connectivity index (χ0v) is 17.4.